The SMILES string of the molecule is CC(N)CCC(=O)Nc1ccc(C#N)cc1F. The average molecular weight is 235 g/mol. The Hall–Kier alpha value is -1.93. The number of carbonyl (C=O) groups excluding carboxylic acids is 1. The summed E-state index contributed by atoms with van der Waals surface area (Å²) < 4.78 is 13.4. The van der Waals surface area contributed by atoms with Crippen LogP contribution in [0.1, 0.15) is 25.3 Å². The summed E-state index contributed by atoms with van der Waals surface area (Å²) in [4.78, 5) is 11.4. The summed E-state index contributed by atoms with van der Waals surface area (Å²) in [6, 6.07) is 5.66. The van der Waals surface area contributed by atoms with Gasteiger partial charge in [0.2, 0.25) is 5.91 Å². The van der Waals surface area contributed by atoms with Gasteiger partial charge in [0.15, 0.2) is 0 Å². The minimum Gasteiger partial charge on any atom is -0.328 e. The number of rotatable bonds is 4. The van der Waals surface area contributed by atoms with E-state index in [9.17, 15) is 9.18 Å². The molecule has 1 aromatic rings. The summed E-state index contributed by atoms with van der Waals surface area (Å²) in [5.41, 5.74) is 5.81. The van der Waals surface area contributed by atoms with E-state index in [4.69, 9.17) is 11.0 Å². The Balaban J connectivity index is 2.63. The summed E-state index contributed by atoms with van der Waals surface area (Å²) in [7, 11) is 0. The van der Waals surface area contributed by atoms with Crippen LogP contribution in [-0.4, -0.2) is 11.9 Å². The highest BCUT2D eigenvalue weighted by molar-refractivity contribution is 5.90. The molecular formula is C12H14FN3O. The van der Waals surface area contributed by atoms with Gasteiger partial charge in [0.25, 0.3) is 0 Å². The summed E-state index contributed by atoms with van der Waals surface area (Å²) >= 11 is 0. The quantitative estimate of drug-likeness (QED) is 0.834. The number of amides is 1. The molecule has 17 heavy (non-hydrogen) atoms. The van der Waals surface area contributed by atoms with E-state index in [1.165, 1.54) is 12.1 Å². The molecule has 0 spiro atoms. The molecule has 1 unspecified atom stereocenters. The summed E-state index contributed by atoms with van der Waals surface area (Å²) in [5, 5.41) is 11.0. The van der Waals surface area contributed by atoms with Gasteiger partial charge >= 0.3 is 0 Å². The summed E-state index contributed by atoms with van der Waals surface area (Å²) in [6.07, 6.45) is 0.792. The lowest BCUT2D eigenvalue weighted by Gasteiger charge is -2.07. The number of nitrogens with zero attached hydrogens (tertiary/aromatic N) is 1. The van der Waals surface area contributed by atoms with Crippen molar-refractivity contribution in [1.29, 1.82) is 5.26 Å². The van der Waals surface area contributed by atoms with Crippen LogP contribution in [0.25, 0.3) is 0 Å². The van der Waals surface area contributed by atoms with Gasteiger partial charge in [0.1, 0.15) is 5.82 Å². The fourth-order valence-corrected chi connectivity index (χ4v) is 1.26. The van der Waals surface area contributed by atoms with Crippen LogP contribution >= 0.6 is 0 Å². The number of benzene rings is 1. The van der Waals surface area contributed by atoms with Crippen molar-refractivity contribution in [3.63, 3.8) is 0 Å². The predicted molar refractivity (Wildman–Crippen MR) is 62.6 cm³/mol. The first-order valence-corrected chi connectivity index (χ1v) is 5.28. The summed E-state index contributed by atoms with van der Waals surface area (Å²) in [5.74, 6) is -0.899. The monoisotopic (exact) mass is 235 g/mol. The Morgan fingerprint density at radius 3 is 2.88 bits per heavy atom. The molecule has 0 aliphatic heterocycles. The van der Waals surface area contributed by atoms with Gasteiger partial charge in [-0.1, -0.05) is 0 Å². The highest BCUT2D eigenvalue weighted by atomic mass is 19.1. The van der Waals surface area contributed by atoms with Gasteiger partial charge < -0.3 is 11.1 Å². The van der Waals surface area contributed by atoms with Crippen LogP contribution in [0.15, 0.2) is 18.2 Å². The minimum atomic E-state index is -0.613. The molecule has 0 saturated carbocycles. The van der Waals surface area contributed by atoms with Gasteiger partial charge in [-0.05, 0) is 31.5 Å². The molecule has 90 valence electrons. The van der Waals surface area contributed by atoms with Gasteiger partial charge in [-0.15, -0.1) is 0 Å². The second-order valence-corrected chi connectivity index (χ2v) is 3.87. The van der Waals surface area contributed by atoms with E-state index in [0.29, 0.717) is 6.42 Å². The number of nitrogens with two attached hydrogens (primary N) is 1. The number of hydrogen-bond donors (Lipinski definition) is 2. The van der Waals surface area contributed by atoms with E-state index in [0.717, 1.165) is 6.07 Å². The van der Waals surface area contributed by atoms with Crippen LogP contribution in [0.5, 0.6) is 0 Å². The maximum atomic E-state index is 13.4. The van der Waals surface area contributed by atoms with Crippen LogP contribution in [-0.2, 0) is 4.79 Å². The largest absolute Gasteiger partial charge is 0.328 e. The van der Waals surface area contributed by atoms with E-state index in [1.54, 1.807) is 6.92 Å². The maximum Gasteiger partial charge on any atom is 0.224 e. The van der Waals surface area contributed by atoms with Gasteiger partial charge in [0.05, 0.1) is 17.3 Å². The van der Waals surface area contributed by atoms with Gasteiger partial charge in [-0.25, -0.2) is 4.39 Å². The number of hydrogen-bond acceptors (Lipinski definition) is 3. The van der Waals surface area contributed by atoms with Crippen molar-refractivity contribution in [3.8, 4) is 6.07 Å². The Morgan fingerprint density at radius 1 is 1.65 bits per heavy atom. The van der Waals surface area contributed by atoms with Gasteiger partial charge in [0, 0.05) is 12.5 Å². The molecule has 0 saturated heterocycles. The minimum absolute atomic E-state index is 0.0634. The molecule has 0 radical (unpaired) electrons. The lowest BCUT2D eigenvalue weighted by Crippen LogP contribution is -2.19. The van der Waals surface area contributed by atoms with Crippen molar-refractivity contribution in [1.82, 2.24) is 0 Å². The van der Waals surface area contributed by atoms with Crippen LogP contribution in [0.4, 0.5) is 10.1 Å². The van der Waals surface area contributed by atoms with E-state index < -0.39 is 5.82 Å². The first kappa shape index (κ1) is 13.1. The average Bonchev–Trinajstić information content (AvgIpc) is 2.29. The molecular weight excluding hydrogens is 221 g/mol. The molecule has 0 fully saturated rings. The first-order valence-electron chi connectivity index (χ1n) is 5.28. The molecule has 1 aromatic carbocycles. The first-order chi connectivity index (χ1) is 8.02. The number of nitriles is 1. The molecule has 1 rings (SSSR count). The maximum absolute atomic E-state index is 13.4. The van der Waals surface area contributed by atoms with Gasteiger partial charge in [-0.3, -0.25) is 4.79 Å². The number of halogens is 1. The van der Waals surface area contributed by atoms with Gasteiger partial charge in [-0.2, -0.15) is 5.26 Å². The second kappa shape index (κ2) is 5.97. The highest BCUT2D eigenvalue weighted by Gasteiger charge is 2.08. The van der Waals surface area contributed by atoms with Crippen LogP contribution in [0.2, 0.25) is 0 Å². The smallest absolute Gasteiger partial charge is 0.224 e. The molecule has 1 atom stereocenters. The zero-order valence-corrected chi connectivity index (χ0v) is 9.53. The lowest BCUT2D eigenvalue weighted by atomic mass is 10.1. The predicted octanol–water partition coefficient (Wildman–Crippen LogP) is 1.76. The molecule has 0 heterocycles. The Morgan fingerprint density at radius 2 is 2.35 bits per heavy atom. The van der Waals surface area contributed by atoms with Crippen molar-refractivity contribution < 1.29 is 9.18 Å². The standard InChI is InChI=1S/C12H14FN3O/c1-8(15)2-5-12(17)16-11-4-3-9(7-14)6-10(11)13/h3-4,6,8H,2,5,15H2,1H3,(H,16,17). The number of nitrogens with one attached hydrogen (secondary N) is 1. The summed E-state index contributed by atoms with van der Waals surface area (Å²) in [6.45, 7) is 1.80. The fraction of sp³-hybridized carbons (Fsp3) is 0.333. The third-order valence-corrected chi connectivity index (χ3v) is 2.20. The zero-order valence-electron chi connectivity index (χ0n) is 9.53. The van der Waals surface area contributed by atoms with Crippen molar-refractivity contribution >= 4 is 11.6 Å². The Labute approximate surface area is 99.2 Å². The molecule has 5 heteroatoms. The lowest BCUT2D eigenvalue weighted by molar-refractivity contribution is -0.116. The van der Waals surface area contributed by atoms with E-state index in [1.807, 2.05) is 6.07 Å². The molecule has 4 nitrogen and oxygen atoms in total. The fourth-order valence-electron chi connectivity index (χ4n) is 1.26. The Kier molecular flexibility index (Phi) is 4.61. The number of anilines is 1. The molecule has 1 amide bonds. The van der Waals surface area contributed by atoms with Crippen LogP contribution in [0, 0.1) is 17.1 Å². The molecule has 0 aliphatic carbocycles. The third-order valence-electron chi connectivity index (χ3n) is 2.20. The van der Waals surface area contributed by atoms with Crippen molar-refractivity contribution in [3.05, 3.63) is 29.6 Å². The Bertz CT molecular complexity index is 452. The zero-order chi connectivity index (χ0) is 12.8. The highest BCUT2D eigenvalue weighted by Crippen LogP contribution is 2.15. The molecule has 3 N–H and O–H groups in total. The van der Waals surface area contributed by atoms with Crippen molar-refractivity contribution in [2.45, 2.75) is 25.8 Å². The van der Waals surface area contributed by atoms with Crippen molar-refractivity contribution in [2.75, 3.05) is 5.32 Å². The molecule has 0 aliphatic rings. The van der Waals surface area contributed by atoms with Crippen LogP contribution in [0.3, 0.4) is 0 Å². The topological polar surface area (TPSA) is 78.9 Å². The molecule has 0 aromatic heterocycles. The molecule has 0 bridgehead atoms. The van der Waals surface area contributed by atoms with E-state index in [2.05, 4.69) is 5.32 Å². The number of carbonyl (C=O) groups is 1. The normalized spacial score (nSPS) is 11.6. The van der Waals surface area contributed by atoms with E-state index >= 15 is 0 Å². The third kappa shape index (κ3) is 4.21. The van der Waals surface area contributed by atoms with E-state index in [-0.39, 0.29) is 29.6 Å². The van der Waals surface area contributed by atoms with Crippen molar-refractivity contribution in [2.24, 2.45) is 5.73 Å². The van der Waals surface area contributed by atoms with Crippen LogP contribution < -0.4 is 11.1 Å². The second-order valence-electron chi connectivity index (χ2n) is 3.87.